The van der Waals surface area contributed by atoms with E-state index >= 15 is 0 Å². The number of fused-ring (bicyclic) bond motifs is 1. The van der Waals surface area contributed by atoms with E-state index in [4.69, 9.17) is 9.47 Å². The summed E-state index contributed by atoms with van der Waals surface area (Å²) in [6.45, 7) is 0.543. The zero-order valence-electron chi connectivity index (χ0n) is 16.0. The average Bonchev–Trinajstić information content (AvgIpc) is 2.81. The number of hydrogen-bond acceptors (Lipinski definition) is 10. The van der Waals surface area contributed by atoms with Crippen LogP contribution in [0.4, 0.5) is 0 Å². The first kappa shape index (κ1) is 22.2. The second-order valence-electron chi connectivity index (χ2n) is 6.97. The third kappa shape index (κ3) is 3.56. The summed E-state index contributed by atoms with van der Waals surface area (Å²) in [5.74, 6) is -2.54. The molecular formula is C17H19NO10S2. The Morgan fingerprint density at radius 2 is 1.83 bits per heavy atom. The maximum absolute atomic E-state index is 12.8. The summed E-state index contributed by atoms with van der Waals surface area (Å²) in [7, 11) is -8.30. The molecule has 0 bridgehead atoms. The van der Waals surface area contributed by atoms with Crippen molar-refractivity contribution >= 4 is 37.8 Å². The van der Waals surface area contributed by atoms with Gasteiger partial charge in [-0.3, -0.25) is 9.59 Å². The number of ether oxygens (including phenoxy) is 2. The summed E-state index contributed by atoms with van der Waals surface area (Å²) in [6.07, 6.45) is -0.305. The molecule has 13 heteroatoms. The molecular weight excluding hydrogens is 442 g/mol. The van der Waals surface area contributed by atoms with Crippen molar-refractivity contribution in [2.75, 3.05) is 13.4 Å². The van der Waals surface area contributed by atoms with E-state index in [-0.39, 0.29) is 11.3 Å². The number of carbonyl (C=O) groups excluding carboxylic acids is 3. The number of hydrogen-bond donors (Lipinski definition) is 0. The van der Waals surface area contributed by atoms with Gasteiger partial charge in [-0.2, -0.15) is 8.42 Å². The molecule has 3 atom stereocenters. The first-order valence-electron chi connectivity index (χ1n) is 8.71. The molecule has 1 amide bonds. The van der Waals surface area contributed by atoms with Gasteiger partial charge in [-0.25, -0.2) is 17.4 Å². The Balaban J connectivity index is 1.77. The topological polar surface area (TPSA) is 150 Å². The van der Waals surface area contributed by atoms with Crippen LogP contribution in [0.2, 0.25) is 0 Å². The van der Waals surface area contributed by atoms with Gasteiger partial charge >= 0.3 is 11.9 Å². The molecule has 2 heterocycles. The maximum atomic E-state index is 12.8. The highest BCUT2D eigenvalue weighted by Crippen LogP contribution is 2.46. The molecule has 1 aromatic rings. The van der Waals surface area contributed by atoms with Crippen LogP contribution in [0.5, 0.6) is 0 Å². The number of carbonyl (C=O) groups is 3. The number of nitrogens with zero attached hydrogens (tertiary/aromatic N) is 1. The van der Waals surface area contributed by atoms with E-state index in [2.05, 4.69) is 4.18 Å². The Kier molecular flexibility index (Phi) is 5.64. The van der Waals surface area contributed by atoms with Gasteiger partial charge in [0.1, 0.15) is 16.7 Å². The number of benzene rings is 1. The van der Waals surface area contributed by atoms with Gasteiger partial charge in [0.25, 0.3) is 10.1 Å². The van der Waals surface area contributed by atoms with Crippen LogP contribution in [0, 0.1) is 0 Å². The lowest BCUT2D eigenvalue weighted by Crippen LogP contribution is -2.58. The molecule has 30 heavy (non-hydrogen) atoms. The minimum absolute atomic E-state index is 0.165. The fraction of sp³-hybridized carbons (Fsp3) is 0.471. The molecule has 0 N–H and O–H groups in total. The van der Waals surface area contributed by atoms with E-state index in [1.54, 1.807) is 6.07 Å². The maximum Gasteiger partial charge on any atom is 0.332 e. The molecule has 2 aliphatic heterocycles. The molecule has 0 unspecified atom stereocenters. The molecule has 164 valence electrons. The van der Waals surface area contributed by atoms with Crippen molar-refractivity contribution in [2.45, 2.75) is 41.3 Å². The Bertz CT molecular complexity index is 1080. The molecule has 0 aliphatic carbocycles. The van der Waals surface area contributed by atoms with Gasteiger partial charge in [-0.05, 0) is 19.1 Å². The summed E-state index contributed by atoms with van der Waals surface area (Å²) >= 11 is 0. The highest BCUT2D eigenvalue weighted by molar-refractivity contribution is 7.94. The molecule has 0 radical (unpaired) electrons. The lowest BCUT2D eigenvalue weighted by atomic mass is 9.97. The third-order valence-electron chi connectivity index (χ3n) is 5.03. The molecule has 2 aliphatic rings. The Morgan fingerprint density at radius 3 is 2.40 bits per heavy atom. The van der Waals surface area contributed by atoms with Crippen molar-refractivity contribution in [3.05, 3.63) is 30.3 Å². The van der Waals surface area contributed by atoms with Crippen LogP contribution in [0.25, 0.3) is 0 Å². The van der Waals surface area contributed by atoms with Gasteiger partial charge in [0.05, 0.1) is 11.3 Å². The highest BCUT2D eigenvalue weighted by atomic mass is 32.2. The van der Waals surface area contributed by atoms with Crippen LogP contribution in [0.15, 0.2) is 35.2 Å². The number of esters is 2. The fourth-order valence-corrected chi connectivity index (χ4v) is 6.45. The molecule has 1 aromatic carbocycles. The first-order valence-corrected chi connectivity index (χ1v) is 11.7. The predicted molar refractivity (Wildman–Crippen MR) is 98.7 cm³/mol. The first-order chi connectivity index (χ1) is 13.9. The van der Waals surface area contributed by atoms with Gasteiger partial charge in [-0.1, -0.05) is 18.2 Å². The molecule has 2 saturated heterocycles. The van der Waals surface area contributed by atoms with Gasteiger partial charge in [-0.15, -0.1) is 0 Å². The van der Waals surface area contributed by atoms with E-state index in [1.165, 1.54) is 31.2 Å². The molecule has 0 aromatic heterocycles. The summed E-state index contributed by atoms with van der Waals surface area (Å²) in [4.78, 5) is 36.5. The van der Waals surface area contributed by atoms with E-state index in [0.717, 1.165) is 11.8 Å². The number of amides is 1. The van der Waals surface area contributed by atoms with Crippen LogP contribution in [-0.4, -0.2) is 69.1 Å². The van der Waals surface area contributed by atoms with Crippen LogP contribution < -0.4 is 0 Å². The lowest BCUT2D eigenvalue weighted by molar-refractivity contribution is -0.167. The van der Waals surface area contributed by atoms with Crippen molar-refractivity contribution in [1.82, 2.24) is 4.90 Å². The standard InChI is InChI=1S/C17H19NO10S2/c1-11(19)26-9-17(2)15(18-13(20)8-14(18)29(17,22)23)16(21)27-10-28-30(24,25)12-6-4-3-5-7-12/h3-7,14-15H,8-10H2,1-2H3/t14-,15+,17+/m1/s1. The highest BCUT2D eigenvalue weighted by Gasteiger charge is 2.70. The average molecular weight is 461 g/mol. The van der Waals surface area contributed by atoms with Gasteiger partial charge in [0.2, 0.25) is 12.7 Å². The van der Waals surface area contributed by atoms with Gasteiger partial charge < -0.3 is 14.4 Å². The summed E-state index contributed by atoms with van der Waals surface area (Å²) < 4.78 is 62.3. The SMILES string of the molecule is CC(=O)OC[C@@]1(C)[C@H](C(=O)OCOS(=O)(=O)c2ccccc2)N2C(=O)C[C@H]2S1(=O)=O. The smallest absolute Gasteiger partial charge is 0.332 e. The number of rotatable bonds is 7. The normalized spacial score (nSPS) is 27.1. The van der Waals surface area contributed by atoms with Crippen molar-refractivity contribution in [1.29, 1.82) is 0 Å². The summed E-state index contributed by atoms with van der Waals surface area (Å²) in [6, 6.07) is 5.49. The Hall–Kier alpha value is -2.51. The minimum Gasteiger partial charge on any atom is -0.464 e. The fourth-order valence-electron chi connectivity index (χ4n) is 3.38. The van der Waals surface area contributed by atoms with Gasteiger partial charge in [0, 0.05) is 6.92 Å². The van der Waals surface area contributed by atoms with Crippen molar-refractivity contribution in [3.8, 4) is 0 Å². The van der Waals surface area contributed by atoms with Crippen LogP contribution >= 0.6 is 0 Å². The van der Waals surface area contributed by atoms with E-state index in [9.17, 15) is 31.2 Å². The Labute approximate surface area is 172 Å². The summed E-state index contributed by atoms with van der Waals surface area (Å²) in [5, 5.41) is -1.24. The predicted octanol–water partition coefficient (Wildman–Crippen LogP) is -0.430. The van der Waals surface area contributed by atoms with Crippen molar-refractivity contribution in [2.24, 2.45) is 0 Å². The van der Waals surface area contributed by atoms with Crippen molar-refractivity contribution < 1.29 is 44.9 Å². The minimum atomic E-state index is -4.22. The van der Waals surface area contributed by atoms with E-state index in [0.29, 0.717) is 0 Å². The quantitative estimate of drug-likeness (QED) is 0.226. The molecule has 3 rings (SSSR count). The molecule has 2 fully saturated rings. The van der Waals surface area contributed by atoms with Gasteiger partial charge in [0.15, 0.2) is 15.9 Å². The monoisotopic (exact) mass is 461 g/mol. The second-order valence-corrected chi connectivity index (χ2v) is 11.1. The summed E-state index contributed by atoms with van der Waals surface area (Å²) in [5.41, 5.74) is 0. The molecule has 11 nitrogen and oxygen atoms in total. The molecule has 0 saturated carbocycles. The largest absolute Gasteiger partial charge is 0.464 e. The number of β-lactam (4-membered cyclic amide) rings is 1. The zero-order chi connectivity index (χ0) is 22.3. The van der Waals surface area contributed by atoms with E-state index < -0.39 is 67.4 Å². The van der Waals surface area contributed by atoms with Crippen LogP contribution in [0.1, 0.15) is 20.3 Å². The van der Waals surface area contributed by atoms with Crippen LogP contribution in [-0.2, 0) is 48.0 Å². The zero-order valence-corrected chi connectivity index (χ0v) is 17.6. The van der Waals surface area contributed by atoms with E-state index in [1.807, 2.05) is 0 Å². The van der Waals surface area contributed by atoms with Crippen molar-refractivity contribution in [3.63, 3.8) is 0 Å². The number of sulfone groups is 1. The third-order valence-corrected chi connectivity index (χ3v) is 9.04. The Morgan fingerprint density at radius 1 is 1.20 bits per heavy atom. The second kappa shape index (κ2) is 7.63. The lowest BCUT2D eigenvalue weighted by Gasteiger charge is -2.36. The van der Waals surface area contributed by atoms with Crippen LogP contribution in [0.3, 0.4) is 0 Å². The molecule has 0 spiro atoms.